The molecule has 0 unspecified atom stereocenters. The van der Waals surface area contributed by atoms with Gasteiger partial charge in [0.05, 0.1) is 41.0 Å². The summed E-state index contributed by atoms with van der Waals surface area (Å²) in [5.41, 5.74) is 7.73. The third kappa shape index (κ3) is 4.07. The highest BCUT2D eigenvalue weighted by atomic mass is 19.4. The van der Waals surface area contributed by atoms with Crippen molar-refractivity contribution in [3.05, 3.63) is 82.9 Å². The molecule has 3 aromatic rings. The number of benzene rings is 2. The Morgan fingerprint density at radius 1 is 1.13 bits per heavy atom. The highest BCUT2D eigenvalue weighted by molar-refractivity contribution is 6.36. The molecule has 1 aliphatic heterocycles. The number of para-hydroxylation sites is 1. The maximum Gasteiger partial charge on any atom is 0.418 e. The van der Waals surface area contributed by atoms with E-state index in [1.807, 2.05) is 0 Å². The monoisotopic (exact) mass is 425 g/mol. The minimum atomic E-state index is -4.63. The van der Waals surface area contributed by atoms with Crippen LogP contribution in [0.3, 0.4) is 0 Å². The van der Waals surface area contributed by atoms with Crippen LogP contribution in [0.1, 0.15) is 28.1 Å². The first-order valence-corrected chi connectivity index (χ1v) is 9.37. The van der Waals surface area contributed by atoms with Crippen molar-refractivity contribution in [2.75, 3.05) is 10.6 Å². The van der Waals surface area contributed by atoms with Crippen molar-refractivity contribution >= 4 is 28.6 Å². The normalized spacial score (nSPS) is 14.8. The number of aromatic nitrogens is 2. The lowest BCUT2D eigenvalue weighted by Crippen LogP contribution is -2.14. The fourth-order valence-electron chi connectivity index (χ4n) is 3.33. The number of carbonyl (C=O) groups excluding carboxylic acids is 1. The molecule has 0 spiro atoms. The van der Waals surface area contributed by atoms with Gasteiger partial charge in [0, 0.05) is 23.1 Å². The molecule has 2 heterocycles. The van der Waals surface area contributed by atoms with Gasteiger partial charge in [0.1, 0.15) is 0 Å². The first-order chi connectivity index (χ1) is 14.7. The molecule has 0 saturated carbocycles. The number of carbonyl (C=O) groups is 1. The molecule has 0 aliphatic carbocycles. The second kappa shape index (κ2) is 7.75. The topological polar surface area (TPSA) is 92.9 Å². The zero-order valence-corrected chi connectivity index (χ0v) is 16.4. The Morgan fingerprint density at radius 2 is 1.90 bits per heavy atom. The SMILES string of the molecule is Cc1cnc(CNc2ccc(C(N)=C3C(=O)Nc4ccccc43)cc2C(F)(F)F)cn1. The summed E-state index contributed by atoms with van der Waals surface area (Å²) >= 11 is 0. The number of nitrogens with zero attached hydrogens (tertiary/aromatic N) is 2. The van der Waals surface area contributed by atoms with Gasteiger partial charge in [-0.1, -0.05) is 24.3 Å². The number of aryl methyl sites for hydroxylation is 1. The van der Waals surface area contributed by atoms with Gasteiger partial charge in [-0.05, 0) is 30.7 Å². The lowest BCUT2D eigenvalue weighted by atomic mass is 9.98. The fraction of sp³-hybridized carbons (Fsp3) is 0.136. The molecule has 9 heteroatoms. The molecule has 4 N–H and O–H groups in total. The van der Waals surface area contributed by atoms with Crippen LogP contribution in [0.25, 0.3) is 11.3 Å². The zero-order valence-electron chi connectivity index (χ0n) is 16.4. The average Bonchev–Trinajstić information content (AvgIpc) is 3.07. The maximum atomic E-state index is 13.8. The Hall–Kier alpha value is -3.88. The van der Waals surface area contributed by atoms with Crippen LogP contribution in [-0.4, -0.2) is 15.9 Å². The molecule has 1 aromatic heterocycles. The van der Waals surface area contributed by atoms with Gasteiger partial charge in [0.2, 0.25) is 0 Å². The predicted molar refractivity (Wildman–Crippen MR) is 112 cm³/mol. The van der Waals surface area contributed by atoms with Crippen LogP contribution in [0.2, 0.25) is 0 Å². The van der Waals surface area contributed by atoms with E-state index in [0.29, 0.717) is 22.6 Å². The molecule has 2 aromatic carbocycles. The molecule has 0 radical (unpaired) electrons. The molecule has 31 heavy (non-hydrogen) atoms. The standard InChI is InChI=1S/C22H18F3N5O/c1-12-9-28-14(10-27-12)11-29-18-7-6-13(8-16(18)22(23,24)25)20(26)19-15-4-2-3-5-17(15)30-21(19)31/h2-10,29H,11,26H2,1H3,(H,30,31). The summed E-state index contributed by atoms with van der Waals surface area (Å²) in [4.78, 5) is 20.6. The molecule has 0 bridgehead atoms. The molecule has 1 aliphatic rings. The van der Waals surface area contributed by atoms with E-state index in [4.69, 9.17) is 5.73 Å². The molecule has 0 fully saturated rings. The average molecular weight is 425 g/mol. The van der Waals surface area contributed by atoms with Gasteiger partial charge in [0.15, 0.2) is 0 Å². The first-order valence-electron chi connectivity index (χ1n) is 9.37. The first kappa shape index (κ1) is 20.4. The number of rotatable bonds is 4. The Labute approximate surface area is 176 Å². The van der Waals surface area contributed by atoms with E-state index in [1.54, 1.807) is 37.4 Å². The van der Waals surface area contributed by atoms with E-state index >= 15 is 0 Å². The summed E-state index contributed by atoms with van der Waals surface area (Å²) in [6.45, 7) is 1.84. The number of nitrogens with two attached hydrogens (primary N) is 1. The van der Waals surface area contributed by atoms with Gasteiger partial charge in [-0.15, -0.1) is 0 Å². The Balaban J connectivity index is 1.70. The van der Waals surface area contributed by atoms with Gasteiger partial charge >= 0.3 is 6.18 Å². The number of halogens is 3. The largest absolute Gasteiger partial charge is 0.418 e. The second-order valence-corrected chi connectivity index (χ2v) is 7.05. The minimum absolute atomic E-state index is 0.0242. The summed E-state index contributed by atoms with van der Waals surface area (Å²) < 4.78 is 41.3. The van der Waals surface area contributed by atoms with Crippen LogP contribution in [0.15, 0.2) is 54.9 Å². The summed E-state index contributed by atoms with van der Waals surface area (Å²) in [5.74, 6) is -0.451. The van der Waals surface area contributed by atoms with Crippen LogP contribution in [-0.2, 0) is 17.5 Å². The molecule has 0 saturated heterocycles. The van der Waals surface area contributed by atoms with E-state index in [1.165, 1.54) is 18.3 Å². The highest BCUT2D eigenvalue weighted by Gasteiger charge is 2.35. The summed E-state index contributed by atoms with van der Waals surface area (Å²) in [6.07, 6.45) is -1.58. The number of nitrogens with one attached hydrogen (secondary N) is 2. The van der Waals surface area contributed by atoms with Crippen LogP contribution in [0.5, 0.6) is 0 Å². The summed E-state index contributed by atoms with van der Waals surface area (Å²) in [6, 6.07) is 10.6. The molecule has 4 rings (SSSR count). The van der Waals surface area contributed by atoms with Gasteiger partial charge in [-0.3, -0.25) is 14.8 Å². The molecule has 1 amide bonds. The molecule has 6 nitrogen and oxygen atoms in total. The Bertz CT molecular complexity index is 1190. The quantitative estimate of drug-likeness (QED) is 0.545. The molecular weight excluding hydrogens is 407 g/mol. The van der Waals surface area contributed by atoms with Crippen LogP contribution in [0, 0.1) is 6.92 Å². The van der Waals surface area contributed by atoms with Crippen LogP contribution >= 0.6 is 0 Å². The van der Waals surface area contributed by atoms with E-state index in [9.17, 15) is 18.0 Å². The third-order valence-electron chi connectivity index (χ3n) is 4.87. The smallest absolute Gasteiger partial charge is 0.398 e. The summed E-state index contributed by atoms with van der Waals surface area (Å²) in [5, 5.41) is 5.43. The maximum absolute atomic E-state index is 13.8. The van der Waals surface area contributed by atoms with Crippen molar-refractivity contribution in [3.8, 4) is 0 Å². The Morgan fingerprint density at radius 3 is 2.61 bits per heavy atom. The lowest BCUT2D eigenvalue weighted by molar-refractivity contribution is -0.137. The van der Waals surface area contributed by atoms with E-state index in [2.05, 4.69) is 20.6 Å². The number of hydrogen-bond acceptors (Lipinski definition) is 5. The summed E-state index contributed by atoms with van der Waals surface area (Å²) in [7, 11) is 0. The van der Waals surface area contributed by atoms with Crippen molar-refractivity contribution in [1.29, 1.82) is 0 Å². The molecule has 0 atom stereocenters. The van der Waals surface area contributed by atoms with Crippen molar-refractivity contribution in [3.63, 3.8) is 0 Å². The molecule has 158 valence electrons. The fourth-order valence-corrected chi connectivity index (χ4v) is 3.33. The van der Waals surface area contributed by atoms with Crippen molar-refractivity contribution in [2.45, 2.75) is 19.6 Å². The second-order valence-electron chi connectivity index (χ2n) is 7.05. The lowest BCUT2D eigenvalue weighted by Gasteiger charge is -2.16. The van der Waals surface area contributed by atoms with Crippen molar-refractivity contribution in [1.82, 2.24) is 9.97 Å². The highest BCUT2D eigenvalue weighted by Crippen LogP contribution is 2.39. The van der Waals surface area contributed by atoms with Crippen molar-refractivity contribution < 1.29 is 18.0 Å². The Kier molecular flexibility index (Phi) is 5.10. The zero-order chi connectivity index (χ0) is 22.2. The van der Waals surface area contributed by atoms with Gasteiger partial charge < -0.3 is 16.4 Å². The van der Waals surface area contributed by atoms with Gasteiger partial charge in [-0.2, -0.15) is 13.2 Å². The van der Waals surface area contributed by atoms with Crippen LogP contribution in [0.4, 0.5) is 24.5 Å². The van der Waals surface area contributed by atoms with E-state index in [-0.39, 0.29) is 29.1 Å². The van der Waals surface area contributed by atoms with E-state index in [0.717, 1.165) is 6.07 Å². The van der Waals surface area contributed by atoms with Gasteiger partial charge in [-0.25, -0.2) is 0 Å². The molecular formula is C22H18F3N5O. The van der Waals surface area contributed by atoms with Crippen LogP contribution < -0.4 is 16.4 Å². The van der Waals surface area contributed by atoms with E-state index < -0.39 is 17.6 Å². The predicted octanol–water partition coefficient (Wildman–Crippen LogP) is 4.20. The number of amides is 1. The minimum Gasteiger partial charge on any atom is -0.398 e. The van der Waals surface area contributed by atoms with Crippen molar-refractivity contribution in [2.24, 2.45) is 5.73 Å². The number of anilines is 2. The number of fused-ring (bicyclic) bond motifs is 1. The number of hydrogen-bond donors (Lipinski definition) is 3. The number of alkyl halides is 3. The van der Waals surface area contributed by atoms with Gasteiger partial charge in [0.25, 0.3) is 5.91 Å². The third-order valence-corrected chi connectivity index (χ3v) is 4.87.